The molecule has 2 N–H and O–H groups in total. The highest BCUT2D eigenvalue weighted by Crippen LogP contribution is 2.35. The lowest BCUT2D eigenvalue weighted by Crippen LogP contribution is -2.42. The van der Waals surface area contributed by atoms with E-state index in [-0.39, 0.29) is 0 Å². The maximum atomic E-state index is 11.6. The first kappa shape index (κ1) is 9.99. The molecule has 1 aliphatic rings. The summed E-state index contributed by atoms with van der Waals surface area (Å²) in [6.45, 7) is 2.30. The fraction of sp³-hybridized carbons (Fsp3) is 1.00. The van der Waals surface area contributed by atoms with Gasteiger partial charge in [-0.15, -0.1) is 0 Å². The van der Waals surface area contributed by atoms with Gasteiger partial charge in [-0.05, 0) is 19.3 Å². The molecule has 0 saturated carbocycles. The van der Waals surface area contributed by atoms with Crippen molar-refractivity contribution < 1.29 is 8.42 Å². The zero-order chi connectivity index (χ0) is 9.24. The van der Waals surface area contributed by atoms with E-state index in [1.807, 2.05) is 6.92 Å². The predicted molar refractivity (Wildman–Crippen MR) is 49.7 cm³/mol. The smallest absolute Gasteiger partial charge is 0.157 e. The monoisotopic (exact) mass is 191 g/mol. The molecule has 1 aliphatic heterocycles. The zero-order valence-electron chi connectivity index (χ0n) is 7.54. The summed E-state index contributed by atoms with van der Waals surface area (Å²) < 4.78 is 22.7. The van der Waals surface area contributed by atoms with Crippen molar-refractivity contribution in [3.63, 3.8) is 0 Å². The SMILES string of the molecule is CCCC1(CN)CCCS1(=O)=O. The van der Waals surface area contributed by atoms with Crippen LogP contribution in [0.15, 0.2) is 0 Å². The maximum Gasteiger partial charge on any atom is 0.157 e. The second kappa shape index (κ2) is 3.34. The summed E-state index contributed by atoms with van der Waals surface area (Å²) in [4.78, 5) is 0. The van der Waals surface area contributed by atoms with Gasteiger partial charge in [0.05, 0.1) is 10.5 Å². The molecule has 0 aromatic heterocycles. The van der Waals surface area contributed by atoms with Crippen LogP contribution in [0.4, 0.5) is 0 Å². The molecule has 1 unspecified atom stereocenters. The molecule has 1 fully saturated rings. The van der Waals surface area contributed by atoms with E-state index in [4.69, 9.17) is 5.73 Å². The van der Waals surface area contributed by atoms with Gasteiger partial charge < -0.3 is 5.73 Å². The van der Waals surface area contributed by atoms with Crippen LogP contribution in [0, 0.1) is 0 Å². The van der Waals surface area contributed by atoms with E-state index in [1.54, 1.807) is 0 Å². The van der Waals surface area contributed by atoms with E-state index in [0.29, 0.717) is 12.3 Å². The highest BCUT2D eigenvalue weighted by atomic mass is 32.2. The summed E-state index contributed by atoms with van der Waals surface area (Å²) in [7, 11) is -2.89. The van der Waals surface area contributed by atoms with Crippen LogP contribution < -0.4 is 5.73 Å². The highest BCUT2D eigenvalue weighted by molar-refractivity contribution is 7.93. The topological polar surface area (TPSA) is 60.2 Å². The van der Waals surface area contributed by atoms with E-state index < -0.39 is 14.6 Å². The second-order valence-electron chi connectivity index (χ2n) is 3.56. The number of sulfone groups is 1. The van der Waals surface area contributed by atoms with Crippen LogP contribution in [0.2, 0.25) is 0 Å². The van der Waals surface area contributed by atoms with Crippen LogP contribution >= 0.6 is 0 Å². The second-order valence-corrected chi connectivity index (χ2v) is 6.06. The largest absolute Gasteiger partial charge is 0.329 e. The van der Waals surface area contributed by atoms with E-state index in [1.165, 1.54) is 0 Å². The Hall–Kier alpha value is -0.0900. The van der Waals surface area contributed by atoms with Gasteiger partial charge in [-0.1, -0.05) is 13.3 Å². The van der Waals surface area contributed by atoms with Crippen molar-refractivity contribution in [1.82, 2.24) is 0 Å². The highest BCUT2D eigenvalue weighted by Gasteiger charge is 2.45. The quantitative estimate of drug-likeness (QED) is 0.714. The van der Waals surface area contributed by atoms with Gasteiger partial charge in [0, 0.05) is 6.54 Å². The van der Waals surface area contributed by atoms with Crippen LogP contribution in [-0.4, -0.2) is 25.5 Å². The van der Waals surface area contributed by atoms with E-state index >= 15 is 0 Å². The first-order valence-corrected chi connectivity index (χ1v) is 6.15. The average Bonchev–Trinajstić information content (AvgIpc) is 2.29. The molecule has 12 heavy (non-hydrogen) atoms. The summed E-state index contributed by atoms with van der Waals surface area (Å²) in [5.74, 6) is 0.337. The first-order chi connectivity index (χ1) is 5.58. The number of nitrogens with two attached hydrogens (primary N) is 1. The molecular formula is C8H17NO2S. The van der Waals surface area contributed by atoms with Crippen molar-refractivity contribution in [2.24, 2.45) is 5.73 Å². The molecule has 1 atom stereocenters. The minimum absolute atomic E-state index is 0.295. The lowest BCUT2D eigenvalue weighted by Gasteiger charge is -2.25. The van der Waals surface area contributed by atoms with Gasteiger partial charge in [-0.3, -0.25) is 0 Å². The molecule has 0 aliphatic carbocycles. The van der Waals surface area contributed by atoms with Gasteiger partial charge in [0.1, 0.15) is 0 Å². The molecule has 4 heteroatoms. The van der Waals surface area contributed by atoms with Crippen molar-refractivity contribution in [3.8, 4) is 0 Å². The van der Waals surface area contributed by atoms with Crippen LogP contribution in [0.3, 0.4) is 0 Å². The van der Waals surface area contributed by atoms with Crippen LogP contribution in [-0.2, 0) is 9.84 Å². The van der Waals surface area contributed by atoms with Crippen LogP contribution in [0.25, 0.3) is 0 Å². The summed E-state index contributed by atoms with van der Waals surface area (Å²) in [6, 6.07) is 0. The molecule has 72 valence electrons. The average molecular weight is 191 g/mol. The van der Waals surface area contributed by atoms with E-state index in [2.05, 4.69) is 0 Å². The molecule has 0 spiro atoms. The van der Waals surface area contributed by atoms with Crippen molar-refractivity contribution in [3.05, 3.63) is 0 Å². The Morgan fingerprint density at radius 2 is 2.17 bits per heavy atom. The Bertz CT molecular complexity index is 248. The summed E-state index contributed by atoms with van der Waals surface area (Å²) in [5.41, 5.74) is 5.55. The number of hydrogen-bond acceptors (Lipinski definition) is 3. The third-order valence-corrected chi connectivity index (χ3v) is 5.50. The zero-order valence-corrected chi connectivity index (χ0v) is 8.36. The van der Waals surface area contributed by atoms with E-state index in [9.17, 15) is 8.42 Å². The van der Waals surface area contributed by atoms with Gasteiger partial charge in [0.2, 0.25) is 0 Å². The van der Waals surface area contributed by atoms with Gasteiger partial charge in [-0.2, -0.15) is 0 Å². The standard InChI is InChI=1S/C8H17NO2S/c1-2-4-8(7-9)5-3-6-12(8,10)11/h2-7,9H2,1H3. The van der Waals surface area contributed by atoms with Gasteiger partial charge in [0.25, 0.3) is 0 Å². The Balaban J connectivity index is 2.92. The van der Waals surface area contributed by atoms with Crippen molar-refractivity contribution in [1.29, 1.82) is 0 Å². The van der Waals surface area contributed by atoms with Crippen LogP contribution in [0.1, 0.15) is 32.6 Å². The summed E-state index contributed by atoms with van der Waals surface area (Å²) >= 11 is 0. The summed E-state index contributed by atoms with van der Waals surface area (Å²) in [6.07, 6.45) is 3.18. The third kappa shape index (κ3) is 1.38. The molecule has 0 aromatic rings. The first-order valence-electron chi connectivity index (χ1n) is 4.50. The molecule has 1 heterocycles. The Morgan fingerprint density at radius 1 is 1.50 bits per heavy atom. The number of rotatable bonds is 3. The molecule has 0 radical (unpaired) electrons. The number of hydrogen-bond donors (Lipinski definition) is 1. The van der Waals surface area contributed by atoms with Gasteiger partial charge in [0.15, 0.2) is 9.84 Å². The molecular weight excluding hydrogens is 174 g/mol. The lowest BCUT2D eigenvalue weighted by atomic mass is 9.98. The molecule has 1 rings (SSSR count). The Kier molecular flexibility index (Phi) is 2.78. The maximum absolute atomic E-state index is 11.6. The van der Waals surface area contributed by atoms with Gasteiger partial charge in [-0.25, -0.2) is 8.42 Å². The van der Waals surface area contributed by atoms with Crippen molar-refractivity contribution in [2.75, 3.05) is 12.3 Å². The molecule has 0 amide bonds. The minimum Gasteiger partial charge on any atom is -0.329 e. The summed E-state index contributed by atoms with van der Waals surface area (Å²) in [5, 5.41) is 0. The third-order valence-electron chi connectivity index (χ3n) is 2.78. The fourth-order valence-electron chi connectivity index (χ4n) is 2.02. The van der Waals surface area contributed by atoms with Crippen molar-refractivity contribution >= 4 is 9.84 Å². The molecule has 0 aromatic carbocycles. The Morgan fingerprint density at radius 3 is 2.50 bits per heavy atom. The fourth-order valence-corrected chi connectivity index (χ4v) is 4.21. The van der Waals surface area contributed by atoms with Crippen molar-refractivity contribution in [2.45, 2.75) is 37.4 Å². The molecule has 1 saturated heterocycles. The molecule has 3 nitrogen and oxygen atoms in total. The lowest BCUT2D eigenvalue weighted by molar-refractivity contribution is 0.480. The predicted octanol–water partition coefficient (Wildman–Crippen LogP) is 0.693. The van der Waals surface area contributed by atoms with Crippen LogP contribution in [0.5, 0.6) is 0 Å². The normalized spacial score (nSPS) is 33.8. The Labute approximate surface area is 74.3 Å². The molecule has 0 bridgehead atoms. The minimum atomic E-state index is -2.89. The van der Waals surface area contributed by atoms with Gasteiger partial charge >= 0.3 is 0 Å². The van der Waals surface area contributed by atoms with E-state index in [0.717, 1.165) is 25.7 Å².